The van der Waals surface area contributed by atoms with Crippen molar-refractivity contribution in [2.45, 2.75) is 77.4 Å². The van der Waals surface area contributed by atoms with E-state index in [9.17, 15) is 9.59 Å². The molecule has 2 aromatic rings. The number of amides is 2. The van der Waals surface area contributed by atoms with Gasteiger partial charge in [0.15, 0.2) is 0 Å². The molecule has 2 aromatic carbocycles. The van der Waals surface area contributed by atoms with Crippen molar-refractivity contribution in [3.05, 3.63) is 70.2 Å². The molecule has 1 atom stereocenters. The molecular weight excluding hydrogens is 408 g/mol. The summed E-state index contributed by atoms with van der Waals surface area (Å²) in [5.41, 5.74) is 2.92. The third kappa shape index (κ3) is 6.33. The molecular formula is C26H33ClN2O2. The van der Waals surface area contributed by atoms with E-state index in [2.05, 4.69) is 5.32 Å². The molecule has 1 N–H and O–H groups in total. The molecule has 0 heterocycles. The summed E-state index contributed by atoms with van der Waals surface area (Å²) < 4.78 is 0. The highest BCUT2D eigenvalue weighted by Gasteiger charge is 2.30. The molecule has 1 aliphatic rings. The number of hydrogen-bond donors (Lipinski definition) is 1. The van der Waals surface area contributed by atoms with Gasteiger partial charge in [0.25, 0.3) is 0 Å². The molecule has 4 nitrogen and oxygen atoms in total. The first-order valence-corrected chi connectivity index (χ1v) is 11.7. The van der Waals surface area contributed by atoms with Crippen LogP contribution in [0.2, 0.25) is 5.02 Å². The predicted molar refractivity (Wildman–Crippen MR) is 126 cm³/mol. The van der Waals surface area contributed by atoms with Gasteiger partial charge in [0.2, 0.25) is 11.8 Å². The first kappa shape index (κ1) is 23.3. The third-order valence-corrected chi connectivity index (χ3v) is 6.61. The highest BCUT2D eigenvalue weighted by molar-refractivity contribution is 6.31. The first-order valence-electron chi connectivity index (χ1n) is 11.4. The van der Waals surface area contributed by atoms with Gasteiger partial charge in [-0.05, 0) is 48.9 Å². The lowest BCUT2D eigenvalue weighted by Crippen LogP contribution is -2.52. The van der Waals surface area contributed by atoms with Crippen LogP contribution in [0, 0.1) is 6.92 Å². The molecule has 1 unspecified atom stereocenters. The average Bonchev–Trinajstić information content (AvgIpc) is 2.77. The van der Waals surface area contributed by atoms with E-state index < -0.39 is 6.04 Å². The largest absolute Gasteiger partial charge is 0.352 e. The molecule has 0 spiro atoms. The fraction of sp³-hybridized carbons (Fsp3) is 0.462. The summed E-state index contributed by atoms with van der Waals surface area (Å²) in [6.07, 6.45) is 6.40. The standard InChI is InChI=1S/C26H33ClN2O2/c1-3-24(26(31)28-22-14-5-4-6-15-22)29(18-21-13-9-10-16-23(21)27)25(30)17-20-12-8-7-11-19(20)2/h7-13,16,22,24H,3-6,14-15,17-18H2,1-2H3,(H,28,31). The molecule has 0 saturated heterocycles. The maximum atomic E-state index is 13.5. The fourth-order valence-electron chi connectivity index (χ4n) is 4.35. The molecule has 5 heteroatoms. The van der Waals surface area contributed by atoms with E-state index >= 15 is 0 Å². The van der Waals surface area contributed by atoms with E-state index in [-0.39, 0.29) is 24.3 Å². The van der Waals surface area contributed by atoms with Crippen molar-refractivity contribution in [3.8, 4) is 0 Å². The maximum absolute atomic E-state index is 13.5. The number of rotatable bonds is 8. The van der Waals surface area contributed by atoms with Gasteiger partial charge in [-0.15, -0.1) is 0 Å². The van der Waals surface area contributed by atoms with Gasteiger partial charge < -0.3 is 10.2 Å². The van der Waals surface area contributed by atoms with Gasteiger partial charge >= 0.3 is 0 Å². The molecule has 0 aromatic heterocycles. The van der Waals surface area contributed by atoms with Gasteiger partial charge in [-0.2, -0.15) is 0 Å². The Bertz CT molecular complexity index is 892. The lowest BCUT2D eigenvalue weighted by atomic mass is 9.95. The van der Waals surface area contributed by atoms with Gasteiger partial charge in [-0.25, -0.2) is 0 Å². The number of halogens is 1. The SMILES string of the molecule is CCC(C(=O)NC1CCCCC1)N(Cc1ccccc1Cl)C(=O)Cc1ccccc1C. The number of aryl methyl sites for hydroxylation is 1. The zero-order valence-electron chi connectivity index (χ0n) is 18.6. The second-order valence-corrected chi connectivity index (χ2v) is 8.89. The summed E-state index contributed by atoms with van der Waals surface area (Å²) in [5, 5.41) is 3.82. The molecule has 0 bridgehead atoms. The highest BCUT2D eigenvalue weighted by Crippen LogP contribution is 2.22. The number of hydrogen-bond acceptors (Lipinski definition) is 2. The van der Waals surface area contributed by atoms with Gasteiger partial charge in [0, 0.05) is 17.6 Å². The Labute approximate surface area is 191 Å². The monoisotopic (exact) mass is 440 g/mol. The molecule has 1 aliphatic carbocycles. The minimum absolute atomic E-state index is 0.0557. The van der Waals surface area contributed by atoms with Gasteiger partial charge in [0.1, 0.15) is 6.04 Å². The van der Waals surface area contributed by atoms with E-state index in [1.807, 2.05) is 62.4 Å². The van der Waals surface area contributed by atoms with Gasteiger partial charge in [-0.3, -0.25) is 9.59 Å². The third-order valence-electron chi connectivity index (χ3n) is 6.24. The predicted octanol–water partition coefficient (Wildman–Crippen LogP) is 5.45. The normalized spacial score (nSPS) is 15.3. The molecule has 3 rings (SSSR count). The molecule has 0 radical (unpaired) electrons. The van der Waals surface area contributed by atoms with E-state index in [1.165, 1.54) is 6.42 Å². The van der Waals surface area contributed by atoms with Crippen LogP contribution in [0.15, 0.2) is 48.5 Å². The number of nitrogens with zero attached hydrogens (tertiary/aromatic N) is 1. The van der Waals surface area contributed by atoms with Crippen molar-refractivity contribution in [1.29, 1.82) is 0 Å². The van der Waals surface area contributed by atoms with Crippen LogP contribution in [-0.2, 0) is 22.6 Å². The number of carbonyl (C=O) groups excluding carboxylic acids is 2. The molecule has 1 saturated carbocycles. The minimum atomic E-state index is -0.519. The van der Waals surface area contributed by atoms with Crippen LogP contribution in [0.4, 0.5) is 0 Å². The van der Waals surface area contributed by atoms with E-state index in [0.717, 1.165) is 42.4 Å². The zero-order chi connectivity index (χ0) is 22.2. The Hall–Kier alpha value is -2.33. The smallest absolute Gasteiger partial charge is 0.243 e. The lowest BCUT2D eigenvalue weighted by Gasteiger charge is -2.33. The van der Waals surface area contributed by atoms with Crippen LogP contribution < -0.4 is 5.32 Å². The number of benzene rings is 2. The van der Waals surface area contributed by atoms with Crippen molar-refractivity contribution in [2.75, 3.05) is 0 Å². The Balaban J connectivity index is 1.83. The van der Waals surface area contributed by atoms with Crippen molar-refractivity contribution < 1.29 is 9.59 Å². The number of nitrogens with one attached hydrogen (secondary N) is 1. The van der Waals surface area contributed by atoms with Crippen molar-refractivity contribution >= 4 is 23.4 Å². The van der Waals surface area contributed by atoms with Crippen LogP contribution in [0.5, 0.6) is 0 Å². The van der Waals surface area contributed by atoms with E-state index in [1.54, 1.807) is 4.90 Å². The van der Waals surface area contributed by atoms with Crippen molar-refractivity contribution in [1.82, 2.24) is 10.2 Å². The Kier molecular flexibility index (Phi) is 8.53. The molecule has 1 fully saturated rings. The Morgan fingerprint density at radius 3 is 2.32 bits per heavy atom. The summed E-state index contributed by atoms with van der Waals surface area (Å²) in [4.78, 5) is 28.4. The first-order chi connectivity index (χ1) is 15.0. The lowest BCUT2D eigenvalue weighted by molar-refractivity contribution is -0.141. The maximum Gasteiger partial charge on any atom is 0.243 e. The topological polar surface area (TPSA) is 49.4 Å². The van der Waals surface area contributed by atoms with E-state index in [0.29, 0.717) is 18.0 Å². The van der Waals surface area contributed by atoms with Crippen molar-refractivity contribution in [2.24, 2.45) is 0 Å². The summed E-state index contributed by atoms with van der Waals surface area (Å²) >= 11 is 6.40. The van der Waals surface area contributed by atoms with Crippen LogP contribution >= 0.6 is 11.6 Å². The molecule has 0 aliphatic heterocycles. The summed E-state index contributed by atoms with van der Waals surface area (Å²) in [6, 6.07) is 15.1. The van der Waals surface area contributed by atoms with Gasteiger partial charge in [-0.1, -0.05) is 80.3 Å². The van der Waals surface area contributed by atoms with Crippen LogP contribution in [0.1, 0.15) is 62.1 Å². The number of carbonyl (C=O) groups is 2. The zero-order valence-corrected chi connectivity index (χ0v) is 19.3. The summed E-state index contributed by atoms with van der Waals surface area (Å²) in [6.45, 7) is 4.29. The van der Waals surface area contributed by atoms with Crippen LogP contribution in [-0.4, -0.2) is 28.8 Å². The molecule has 31 heavy (non-hydrogen) atoms. The average molecular weight is 441 g/mol. The minimum Gasteiger partial charge on any atom is -0.352 e. The quantitative estimate of drug-likeness (QED) is 0.593. The molecule has 166 valence electrons. The highest BCUT2D eigenvalue weighted by atomic mass is 35.5. The van der Waals surface area contributed by atoms with Gasteiger partial charge in [0.05, 0.1) is 6.42 Å². The molecule has 2 amide bonds. The summed E-state index contributed by atoms with van der Waals surface area (Å²) in [7, 11) is 0. The second-order valence-electron chi connectivity index (χ2n) is 8.48. The van der Waals surface area contributed by atoms with Crippen molar-refractivity contribution in [3.63, 3.8) is 0 Å². The Morgan fingerprint density at radius 2 is 1.68 bits per heavy atom. The summed E-state index contributed by atoms with van der Waals surface area (Å²) in [5.74, 6) is -0.112. The second kappa shape index (κ2) is 11.3. The van der Waals surface area contributed by atoms with Crippen LogP contribution in [0.25, 0.3) is 0 Å². The van der Waals surface area contributed by atoms with E-state index in [4.69, 9.17) is 11.6 Å². The Morgan fingerprint density at radius 1 is 1.03 bits per heavy atom. The fourth-order valence-corrected chi connectivity index (χ4v) is 4.54. The van der Waals surface area contributed by atoms with Crippen LogP contribution in [0.3, 0.4) is 0 Å².